The van der Waals surface area contributed by atoms with Crippen LogP contribution in [0.5, 0.6) is 0 Å². The first-order valence-electron chi connectivity index (χ1n) is 12.2. The highest BCUT2D eigenvalue weighted by atomic mass is 16.4. The van der Waals surface area contributed by atoms with E-state index in [2.05, 4.69) is 25.7 Å². The molecule has 2 N–H and O–H groups in total. The molecule has 0 radical (unpaired) electrons. The predicted octanol–water partition coefficient (Wildman–Crippen LogP) is 6.65. The van der Waals surface area contributed by atoms with Gasteiger partial charge in [0, 0.05) is 13.0 Å². The third kappa shape index (κ3) is 27.6. The van der Waals surface area contributed by atoms with Crippen LogP contribution < -0.4 is 0 Å². The van der Waals surface area contributed by atoms with Crippen LogP contribution in [0.2, 0.25) is 0 Å². The molecule has 0 aliphatic carbocycles. The molecule has 28 heavy (non-hydrogen) atoms. The third-order valence-electron chi connectivity index (χ3n) is 5.30. The van der Waals surface area contributed by atoms with Crippen LogP contribution in [0.4, 0.5) is 0 Å². The molecule has 0 saturated heterocycles. The number of aliphatic hydroxyl groups excluding tert-OH is 1. The van der Waals surface area contributed by atoms with Crippen molar-refractivity contribution in [3.8, 4) is 0 Å². The van der Waals surface area contributed by atoms with Crippen molar-refractivity contribution < 1.29 is 15.0 Å². The summed E-state index contributed by atoms with van der Waals surface area (Å²) >= 11 is 0. The lowest BCUT2D eigenvalue weighted by atomic mass is 10.0. The molecule has 0 unspecified atom stereocenters. The van der Waals surface area contributed by atoms with Gasteiger partial charge in [-0.25, -0.2) is 0 Å². The molecule has 4 heteroatoms. The molecule has 0 amide bonds. The van der Waals surface area contributed by atoms with Crippen molar-refractivity contribution in [3.63, 3.8) is 0 Å². The number of hydrogen-bond acceptors (Lipinski definition) is 3. The highest BCUT2D eigenvalue weighted by molar-refractivity contribution is 5.66. The Bertz CT molecular complexity index is 294. The number of unbranched alkanes of at least 4 members (excludes halogenated alkanes) is 14. The fourth-order valence-electron chi connectivity index (χ4n) is 3.33. The van der Waals surface area contributed by atoms with Gasteiger partial charge in [-0.2, -0.15) is 0 Å². The maximum atomic E-state index is 10.3. The molecule has 0 fully saturated rings. The van der Waals surface area contributed by atoms with Crippen LogP contribution in [0.15, 0.2) is 0 Å². The molecule has 0 aliphatic heterocycles. The molecule has 0 rings (SSSR count). The largest absolute Gasteiger partial charge is 0.481 e. The standard InChI is InChI=1S/C18H36O2.C6H15NO/c1-2-3-4-5-6-7-8-9-10-11-12-13-14-15-16-17-18(19)20;1-3-7(4-2)5-6-8/h2-17H2,1H3,(H,19,20);8H,3-6H2,1-2H3. The average Bonchev–Trinajstić information content (AvgIpc) is 2.69. The summed E-state index contributed by atoms with van der Waals surface area (Å²) in [4.78, 5) is 12.5. The summed E-state index contributed by atoms with van der Waals surface area (Å²) in [6, 6.07) is 0. The Balaban J connectivity index is 0. The fourth-order valence-corrected chi connectivity index (χ4v) is 3.33. The Morgan fingerprint density at radius 1 is 0.643 bits per heavy atom. The second-order valence-electron chi connectivity index (χ2n) is 7.84. The second kappa shape index (κ2) is 26.4. The van der Waals surface area contributed by atoms with Gasteiger partial charge in [0.25, 0.3) is 0 Å². The van der Waals surface area contributed by atoms with Crippen LogP contribution in [0.1, 0.15) is 124 Å². The molecular weight excluding hydrogens is 350 g/mol. The molecule has 0 aromatic rings. The van der Waals surface area contributed by atoms with Crippen LogP contribution in [0.25, 0.3) is 0 Å². The first-order chi connectivity index (χ1) is 13.6. The molecule has 0 bridgehead atoms. The van der Waals surface area contributed by atoms with E-state index in [9.17, 15) is 4.79 Å². The Morgan fingerprint density at radius 2 is 1.00 bits per heavy atom. The van der Waals surface area contributed by atoms with Gasteiger partial charge in [-0.3, -0.25) is 4.79 Å². The van der Waals surface area contributed by atoms with E-state index in [4.69, 9.17) is 10.2 Å². The van der Waals surface area contributed by atoms with Gasteiger partial charge in [-0.1, -0.05) is 111 Å². The minimum atomic E-state index is -0.653. The number of carboxylic acids is 1. The highest BCUT2D eigenvalue weighted by Gasteiger charge is 1.97. The first-order valence-corrected chi connectivity index (χ1v) is 12.2. The van der Waals surface area contributed by atoms with Crippen molar-refractivity contribution >= 4 is 5.97 Å². The fraction of sp³-hybridized carbons (Fsp3) is 0.958. The molecule has 0 saturated carbocycles. The summed E-state index contributed by atoms with van der Waals surface area (Å²) in [7, 11) is 0. The zero-order valence-electron chi connectivity index (χ0n) is 19.4. The Morgan fingerprint density at radius 3 is 1.25 bits per heavy atom. The van der Waals surface area contributed by atoms with E-state index >= 15 is 0 Å². The number of likely N-dealkylation sites (N-methyl/N-ethyl adjacent to an activating group) is 1. The third-order valence-corrected chi connectivity index (χ3v) is 5.30. The number of hydrogen-bond donors (Lipinski definition) is 2. The van der Waals surface area contributed by atoms with Crippen molar-refractivity contribution in [2.24, 2.45) is 0 Å². The number of carbonyl (C=O) groups is 1. The van der Waals surface area contributed by atoms with Gasteiger partial charge in [0.2, 0.25) is 0 Å². The van der Waals surface area contributed by atoms with E-state index in [1.54, 1.807) is 0 Å². The van der Waals surface area contributed by atoms with E-state index in [1.165, 1.54) is 83.5 Å². The van der Waals surface area contributed by atoms with Crippen LogP contribution in [0, 0.1) is 0 Å². The molecule has 0 spiro atoms. The Labute approximate surface area is 176 Å². The maximum Gasteiger partial charge on any atom is 0.303 e. The molecule has 4 nitrogen and oxygen atoms in total. The van der Waals surface area contributed by atoms with Crippen molar-refractivity contribution in [3.05, 3.63) is 0 Å². The van der Waals surface area contributed by atoms with Crippen LogP contribution in [0.3, 0.4) is 0 Å². The number of aliphatic carboxylic acids is 1. The van der Waals surface area contributed by atoms with E-state index in [1.807, 2.05) is 0 Å². The Hall–Kier alpha value is -0.610. The van der Waals surface area contributed by atoms with Gasteiger partial charge in [-0.05, 0) is 19.5 Å². The van der Waals surface area contributed by atoms with E-state index in [0.717, 1.165) is 32.5 Å². The van der Waals surface area contributed by atoms with Crippen molar-refractivity contribution in [1.29, 1.82) is 0 Å². The molecule has 0 atom stereocenters. The first kappa shape index (κ1) is 29.6. The zero-order chi connectivity index (χ0) is 21.3. The summed E-state index contributed by atoms with van der Waals surface area (Å²) in [6.07, 6.45) is 20.2. The second-order valence-corrected chi connectivity index (χ2v) is 7.84. The summed E-state index contributed by atoms with van der Waals surface area (Å²) in [5, 5.41) is 17.0. The highest BCUT2D eigenvalue weighted by Crippen LogP contribution is 2.13. The quantitative estimate of drug-likeness (QED) is 0.224. The van der Waals surface area contributed by atoms with E-state index in [0.29, 0.717) is 6.42 Å². The molecule has 0 aliphatic rings. The average molecular weight is 402 g/mol. The van der Waals surface area contributed by atoms with Crippen molar-refractivity contribution in [2.75, 3.05) is 26.2 Å². The summed E-state index contributed by atoms with van der Waals surface area (Å²) < 4.78 is 0. The zero-order valence-corrected chi connectivity index (χ0v) is 19.4. The molecule has 0 heterocycles. The topological polar surface area (TPSA) is 60.8 Å². The summed E-state index contributed by atoms with van der Waals surface area (Å²) in [5.41, 5.74) is 0. The van der Waals surface area contributed by atoms with Crippen LogP contribution >= 0.6 is 0 Å². The van der Waals surface area contributed by atoms with Gasteiger partial charge in [-0.15, -0.1) is 0 Å². The summed E-state index contributed by atoms with van der Waals surface area (Å²) in [6.45, 7) is 9.63. The van der Waals surface area contributed by atoms with Crippen LogP contribution in [-0.2, 0) is 4.79 Å². The molecule has 0 aromatic heterocycles. The van der Waals surface area contributed by atoms with E-state index < -0.39 is 5.97 Å². The van der Waals surface area contributed by atoms with Gasteiger partial charge in [0.15, 0.2) is 0 Å². The lowest BCUT2D eigenvalue weighted by Crippen LogP contribution is -2.25. The van der Waals surface area contributed by atoms with Gasteiger partial charge in [0.1, 0.15) is 0 Å². The SMILES string of the molecule is CCCCCCCCCCCCCCCCCC(=O)O.CCN(CC)CCO. The normalized spacial score (nSPS) is 10.8. The maximum absolute atomic E-state index is 10.3. The molecule has 170 valence electrons. The predicted molar refractivity (Wildman–Crippen MR) is 122 cm³/mol. The van der Waals surface area contributed by atoms with Gasteiger partial charge >= 0.3 is 5.97 Å². The molecular formula is C24H51NO3. The lowest BCUT2D eigenvalue weighted by molar-refractivity contribution is -0.137. The monoisotopic (exact) mass is 401 g/mol. The number of nitrogens with zero attached hydrogens (tertiary/aromatic N) is 1. The summed E-state index contributed by atoms with van der Waals surface area (Å²) in [5.74, 6) is -0.653. The van der Waals surface area contributed by atoms with Crippen LogP contribution in [-0.4, -0.2) is 47.3 Å². The number of rotatable bonds is 20. The van der Waals surface area contributed by atoms with Crippen molar-refractivity contribution in [1.82, 2.24) is 4.90 Å². The van der Waals surface area contributed by atoms with Gasteiger partial charge in [0.05, 0.1) is 6.61 Å². The minimum Gasteiger partial charge on any atom is -0.481 e. The lowest BCUT2D eigenvalue weighted by Gasteiger charge is -2.15. The van der Waals surface area contributed by atoms with Gasteiger partial charge < -0.3 is 15.1 Å². The molecule has 0 aromatic carbocycles. The number of carboxylic acid groups (broad SMARTS) is 1. The van der Waals surface area contributed by atoms with Crippen molar-refractivity contribution in [2.45, 2.75) is 124 Å². The number of aliphatic hydroxyl groups is 1. The van der Waals surface area contributed by atoms with E-state index in [-0.39, 0.29) is 6.61 Å². The minimum absolute atomic E-state index is 0.279. The smallest absolute Gasteiger partial charge is 0.303 e. The Kier molecular flexibility index (Phi) is 27.9.